The van der Waals surface area contributed by atoms with Crippen LogP contribution in [0.25, 0.3) is 0 Å². The SMILES string of the molecule is CCCCCCCCCC(C)(CNC1CCCCC1)OCC. The Bertz CT molecular complexity index is 250. The van der Waals surface area contributed by atoms with Crippen LogP contribution in [-0.4, -0.2) is 24.8 Å². The van der Waals surface area contributed by atoms with Crippen molar-refractivity contribution in [1.29, 1.82) is 0 Å². The average molecular weight is 312 g/mol. The number of hydrogen-bond acceptors (Lipinski definition) is 2. The van der Waals surface area contributed by atoms with Crippen molar-refractivity contribution in [3.63, 3.8) is 0 Å². The molecular formula is C20H41NO. The highest BCUT2D eigenvalue weighted by atomic mass is 16.5. The van der Waals surface area contributed by atoms with E-state index >= 15 is 0 Å². The third-order valence-electron chi connectivity index (χ3n) is 5.17. The topological polar surface area (TPSA) is 21.3 Å². The van der Waals surface area contributed by atoms with Crippen molar-refractivity contribution < 1.29 is 4.74 Å². The monoisotopic (exact) mass is 311 g/mol. The van der Waals surface area contributed by atoms with Crippen LogP contribution in [0.4, 0.5) is 0 Å². The molecule has 1 saturated carbocycles. The molecule has 0 amide bonds. The molecule has 1 aliphatic rings. The first kappa shape index (κ1) is 20.0. The lowest BCUT2D eigenvalue weighted by atomic mass is 9.93. The van der Waals surface area contributed by atoms with E-state index in [0.717, 1.165) is 19.2 Å². The summed E-state index contributed by atoms with van der Waals surface area (Å²) < 4.78 is 6.10. The first-order chi connectivity index (χ1) is 10.7. The van der Waals surface area contributed by atoms with E-state index in [-0.39, 0.29) is 5.60 Å². The molecule has 22 heavy (non-hydrogen) atoms. The maximum Gasteiger partial charge on any atom is 0.0778 e. The van der Waals surface area contributed by atoms with Gasteiger partial charge in [-0.1, -0.05) is 71.1 Å². The Morgan fingerprint density at radius 2 is 1.55 bits per heavy atom. The third kappa shape index (κ3) is 9.15. The van der Waals surface area contributed by atoms with Crippen LogP contribution in [0, 0.1) is 0 Å². The predicted octanol–water partition coefficient (Wildman–Crippen LogP) is 5.84. The molecule has 0 bridgehead atoms. The molecule has 1 rings (SSSR count). The second kappa shape index (κ2) is 12.4. The fourth-order valence-electron chi connectivity index (χ4n) is 3.68. The molecule has 0 radical (unpaired) electrons. The van der Waals surface area contributed by atoms with Crippen molar-refractivity contribution >= 4 is 0 Å². The molecule has 2 heteroatoms. The van der Waals surface area contributed by atoms with Crippen molar-refractivity contribution in [1.82, 2.24) is 5.32 Å². The highest BCUT2D eigenvalue weighted by Gasteiger charge is 2.25. The highest BCUT2D eigenvalue weighted by Crippen LogP contribution is 2.22. The largest absolute Gasteiger partial charge is 0.374 e. The van der Waals surface area contributed by atoms with Crippen LogP contribution < -0.4 is 5.32 Å². The smallest absolute Gasteiger partial charge is 0.0778 e. The second-order valence-electron chi connectivity index (χ2n) is 7.47. The zero-order valence-electron chi connectivity index (χ0n) is 15.6. The fraction of sp³-hybridized carbons (Fsp3) is 1.00. The van der Waals surface area contributed by atoms with Gasteiger partial charge in [0.05, 0.1) is 5.60 Å². The van der Waals surface area contributed by atoms with E-state index in [4.69, 9.17) is 4.74 Å². The van der Waals surface area contributed by atoms with Crippen molar-refractivity contribution in [2.24, 2.45) is 0 Å². The molecule has 1 aliphatic carbocycles. The lowest BCUT2D eigenvalue weighted by molar-refractivity contribution is -0.0336. The molecule has 0 aromatic rings. The van der Waals surface area contributed by atoms with Gasteiger partial charge in [0.15, 0.2) is 0 Å². The summed E-state index contributed by atoms with van der Waals surface area (Å²) in [6, 6.07) is 0.738. The van der Waals surface area contributed by atoms with E-state index in [0.29, 0.717) is 0 Å². The summed E-state index contributed by atoms with van der Waals surface area (Å²) in [4.78, 5) is 0. The average Bonchev–Trinajstić information content (AvgIpc) is 2.54. The highest BCUT2D eigenvalue weighted by molar-refractivity contribution is 4.82. The fourth-order valence-corrected chi connectivity index (χ4v) is 3.68. The molecule has 0 spiro atoms. The Morgan fingerprint density at radius 1 is 0.909 bits per heavy atom. The van der Waals surface area contributed by atoms with E-state index in [2.05, 4.69) is 26.1 Å². The van der Waals surface area contributed by atoms with E-state index in [9.17, 15) is 0 Å². The van der Waals surface area contributed by atoms with Gasteiger partial charge < -0.3 is 10.1 Å². The van der Waals surface area contributed by atoms with Gasteiger partial charge >= 0.3 is 0 Å². The van der Waals surface area contributed by atoms with Crippen LogP contribution in [0.1, 0.15) is 104 Å². The summed E-state index contributed by atoms with van der Waals surface area (Å²) in [5.74, 6) is 0. The molecule has 1 unspecified atom stereocenters. The normalized spacial score (nSPS) is 19.2. The number of unbranched alkanes of at least 4 members (excludes halogenated alkanes) is 6. The quantitative estimate of drug-likeness (QED) is 0.431. The van der Waals surface area contributed by atoms with Gasteiger partial charge in [-0.3, -0.25) is 0 Å². The van der Waals surface area contributed by atoms with Gasteiger partial charge in [0.2, 0.25) is 0 Å². The van der Waals surface area contributed by atoms with Gasteiger partial charge in [0.1, 0.15) is 0 Å². The summed E-state index contributed by atoms with van der Waals surface area (Å²) >= 11 is 0. The van der Waals surface area contributed by atoms with Crippen LogP contribution in [0.3, 0.4) is 0 Å². The van der Waals surface area contributed by atoms with E-state index in [1.807, 2.05) is 0 Å². The third-order valence-corrected chi connectivity index (χ3v) is 5.17. The lowest BCUT2D eigenvalue weighted by Gasteiger charge is -2.33. The summed E-state index contributed by atoms with van der Waals surface area (Å²) in [5.41, 5.74) is 0.0373. The van der Waals surface area contributed by atoms with Gasteiger partial charge in [-0.2, -0.15) is 0 Å². The van der Waals surface area contributed by atoms with E-state index < -0.39 is 0 Å². The molecule has 0 aromatic carbocycles. The van der Waals surface area contributed by atoms with Gasteiger partial charge in [0, 0.05) is 19.2 Å². The van der Waals surface area contributed by atoms with Gasteiger partial charge in [-0.05, 0) is 33.1 Å². The molecular weight excluding hydrogens is 270 g/mol. The maximum absolute atomic E-state index is 6.10. The number of ether oxygens (including phenoxy) is 1. The summed E-state index contributed by atoms with van der Waals surface area (Å²) in [7, 11) is 0. The first-order valence-electron chi connectivity index (χ1n) is 10.1. The van der Waals surface area contributed by atoms with Gasteiger partial charge in [-0.15, -0.1) is 0 Å². The minimum Gasteiger partial charge on any atom is -0.374 e. The zero-order chi connectivity index (χ0) is 16.1. The van der Waals surface area contributed by atoms with Crippen molar-refractivity contribution in [3.8, 4) is 0 Å². The van der Waals surface area contributed by atoms with Gasteiger partial charge in [0.25, 0.3) is 0 Å². The van der Waals surface area contributed by atoms with Crippen LogP contribution in [0.5, 0.6) is 0 Å². The van der Waals surface area contributed by atoms with Crippen molar-refractivity contribution in [3.05, 3.63) is 0 Å². The molecule has 0 saturated heterocycles. The Kier molecular flexibility index (Phi) is 11.2. The molecule has 1 atom stereocenters. The minimum atomic E-state index is 0.0373. The molecule has 0 aliphatic heterocycles. The maximum atomic E-state index is 6.10. The Morgan fingerprint density at radius 3 is 2.18 bits per heavy atom. The molecule has 1 N–H and O–H groups in total. The molecule has 0 heterocycles. The minimum absolute atomic E-state index is 0.0373. The molecule has 132 valence electrons. The second-order valence-corrected chi connectivity index (χ2v) is 7.47. The van der Waals surface area contributed by atoms with E-state index in [1.54, 1.807) is 0 Å². The number of nitrogens with one attached hydrogen (secondary N) is 1. The Balaban J connectivity index is 2.17. The predicted molar refractivity (Wildman–Crippen MR) is 97.5 cm³/mol. The summed E-state index contributed by atoms with van der Waals surface area (Å²) in [5, 5.41) is 3.79. The standard InChI is InChI=1S/C20H41NO/c1-4-6-7-8-9-10-14-17-20(3,22-5-2)18-21-19-15-12-11-13-16-19/h19,21H,4-18H2,1-3H3. The van der Waals surface area contributed by atoms with Crippen LogP contribution in [0.15, 0.2) is 0 Å². The summed E-state index contributed by atoms with van der Waals surface area (Å²) in [6.45, 7) is 8.58. The lowest BCUT2D eigenvalue weighted by Crippen LogP contribution is -2.45. The Labute approximate surface area is 139 Å². The molecule has 2 nitrogen and oxygen atoms in total. The zero-order valence-corrected chi connectivity index (χ0v) is 15.6. The summed E-state index contributed by atoms with van der Waals surface area (Å²) in [6.07, 6.45) is 17.8. The van der Waals surface area contributed by atoms with Crippen LogP contribution in [0.2, 0.25) is 0 Å². The van der Waals surface area contributed by atoms with Gasteiger partial charge in [-0.25, -0.2) is 0 Å². The van der Waals surface area contributed by atoms with Crippen molar-refractivity contribution in [2.45, 2.75) is 116 Å². The molecule has 1 fully saturated rings. The van der Waals surface area contributed by atoms with Crippen LogP contribution in [-0.2, 0) is 4.74 Å². The number of hydrogen-bond donors (Lipinski definition) is 1. The van der Waals surface area contributed by atoms with E-state index in [1.165, 1.54) is 83.5 Å². The Hall–Kier alpha value is -0.0800. The van der Waals surface area contributed by atoms with Crippen LogP contribution >= 0.6 is 0 Å². The van der Waals surface area contributed by atoms with Crippen molar-refractivity contribution in [2.75, 3.05) is 13.2 Å². The first-order valence-corrected chi connectivity index (χ1v) is 10.1. The number of rotatable bonds is 13. The molecule has 0 aromatic heterocycles.